The maximum atomic E-state index is 12.1. The van der Waals surface area contributed by atoms with Crippen LogP contribution in [0.5, 0.6) is 0 Å². The molecule has 1 aromatic rings. The zero-order chi connectivity index (χ0) is 22.2. The number of nitrogens with zero attached hydrogens (tertiary/aromatic N) is 3. The Morgan fingerprint density at radius 3 is 2.03 bits per heavy atom. The van der Waals surface area contributed by atoms with Gasteiger partial charge in [-0.05, 0) is 59.8 Å². The van der Waals surface area contributed by atoms with Crippen LogP contribution >= 0.6 is 0 Å². The molecule has 0 heterocycles. The first kappa shape index (κ1) is 24.8. The predicted octanol–water partition coefficient (Wildman–Crippen LogP) is 3.06. The second-order valence-electron chi connectivity index (χ2n) is 9.14. The topological polar surface area (TPSA) is 69.2 Å². The Bertz CT molecular complexity index is 675. The van der Waals surface area contributed by atoms with Crippen LogP contribution in [0.1, 0.15) is 45.7 Å². The van der Waals surface area contributed by atoms with Crippen LogP contribution in [0.4, 0.5) is 4.79 Å². The van der Waals surface area contributed by atoms with Crippen LogP contribution in [0, 0.1) is 0 Å². The number of nitrogens with one attached hydrogen (secondary N) is 2. The van der Waals surface area contributed by atoms with Crippen LogP contribution in [0.2, 0.25) is 0 Å². The number of hydrogen-bond donors (Lipinski definition) is 2. The van der Waals surface area contributed by atoms with Gasteiger partial charge in [0.05, 0.1) is 0 Å². The minimum absolute atomic E-state index is 0.0272. The van der Waals surface area contributed by atoms with Crippen LogP contribution < -0.4 is 10.6 Å². The van der Waals surface area contributed by atoms with Crippen molar-refractivity contribution < 1.29 is 9.53 Å². The van der Waals surface area contributed by atoms with Crippen molar-refractivity contribution in [1.82, 2.24) is 20.4 Å². The molecular weight excluding hydrogens is 366 g/mol. The van der Waals surface area contributed by atoms with E-state index in [1.54, 1.807) is 19.0 Å². The molecule has 1 amide bonds. The lowest BCUT2D eigenvalue weighted by Crippen LogP contribution is -2.50. The summed E-state index contributed by atoms with van der Waals surface area (Å²) in [5.41, 5.74) is 1.73. The molecule has 29 heavy (non-hydrogen) atoms. The summed E-state index contributed by atoms with van der Waals surface area (Å²) in [6.45, 7) is 11.9. The smallest absolute Gasteiger partial charge is 0.410 e. The molecule has 0 aliphatic heterocycles. The second kappa shape index (κ2) is 10.5. The summed E-state index contributed by atoms with van der Waals surface area (Å²) in [5.74, 6) is 0.772. The number of hydrogen-bond acceptors (Lipinski definition) is 4. The predicted molar refractivity (Wildman–Crippen MR) is 120 cm³/mol. The Morgan fingerprint density at radius 2 is 1.55 bits per heavy atom. The maximum absolute atomic E-state index is 12.1. The van der Waals surface area contributed by atoms with Crippen molar-refractivity contribution in [1.29, 1.82) is 0 Å². The maximum Gasteiger partial charge on any atom is 0.410 e. The summed E-state index contributed by atoms with van der Waals surface area (Å²) in [6, 6.07) is 8.18. The molecule has 0 saturated carbocycles. The summed E-state index contributed by atoms with van der Waals surface area (Å²) in [4.78, 5) is 20.1. The molecule has 1 rings (SSSR count). The molecular formula is C22H39N5O2. The van der Waals surface area contributed by atoms with E-state index in [9.17, 15) is 4.79 Å². The van der Waals surface area contributed by atoms with E-state index in [4.69, 9.17) is 4.74 Å². The van der Waals surface area contributed by atoms with Crippen molar-refractivity contribution in [3.05, 3.63) is 35.4 Å². The Kier molecular flexibility index (Phi) is 8.95. The third-order valence-electron chi connectivity index (χ3n) is 4.73. The number of likely N-dealkylation sites (N-methyl/N-ethyl adjacent to an activating group) is 1. The van der Waals surface area contributed by atoms with Crippen molar-refractivity contribution in [2.45, 2.75) is 58.8 Å². The van der Waals surface area contributed by atoms with Gasteiger partial charge in [-0.15, -0.1) is 0 Å². The van der Waals surface area contributed by atoms with Crippen LogP contribution in [0.15, 0.2) is 29.3 Å². The average molecular weight is 406 g/mol. The fourth-order valence-corrected chi connectivity index (χ4v) is 2.31. The van der Waals surface area contributed by atoms with Crippen molar-refractivity contribution in [2.75, 3.05) is 34.7 Å². The van der Waals surface area contributed by atoms with Gasteiger partial charge in [0.2, 0.25) is 0 Å². The highest BCUT2D eigenvalue weighted by molar-refractivity contribution is 5.79. The van der Waals surface area contributed by atoms with E-state index in [-0.39, 0.29) is 11.6 Å². The van der Waals surface area contributed by atoms with E-state index in [1.807, 2.05) is 32.9 Å². The molecule has 0 fully saturated rings. The van der Waals surface area contributed by atoms with Gasteiger partial charge in [0.25, 0.3) is 0 Å². The fraction of sp³-hybridized carbons (Fsp3) is 0.636. The van der Waals surface area contributed by atoms with E-state index >= 15 is 0 Å². The fourth-order valence-electron chi connectivity index (χ4n) is 2.31. The van der Waals surface area contributed by atoms with Gasteiger partial charge < -0.3 is 25.2 Å². The second-order valence-corrected chi connectivity index (χ2v) is 9.14. The zero-order valence-corrected chi connectivity index (χ0v) is 19.6. The molecule has 0 aliphatic rings. The first-order chi connectivity index (χ1) is 13.3. The van der Waals surface area contributed by atoms with Gasteiger partial charge in [0, 0.05) is 39.3 Å². The van der Waals surface area contributed by atoms with Gasteiger partial charge in [-0.2, -0.15) is 0 Å². The Morgan fingerprint density at radius 1 is 1.00 bits per heavy atom. The van der Waals surface area contributed by atoms with Gasteiger partial charge in [-0.25, -0.2) is 4.79 Å². The van der Waals surface area contributed by atoms with Gasteiger partial charge >= 0.3 is 6.09 Å². The molecule has 0 saturated heterocycles. The van der Waals surface area contributed by atoms with Crippen molar-refractivity contribution in [3.63, 3.8) is 0 Å². The highest BCUT2D eigenvalue weighted by Gasteiger charge is 2.21. The van der Waals surface area contributed by atoms with E-state index < -0.39 is 5.60 Å². The van der Waals surface area contributed by atoms with Crippen molar-refractivity contribution >= 4 is 12.1 Å². The van der Waals surface area contributed by atoms with Gasteiger partial charge in [0.1, 0.15) is 5.60 Å². The minimum atomic E-state index is -0.491. The molecule has 0 bridgehead atoms. The molecule has 0 unspecified atom stereocenters. The summed E-state index contributed by atoms with van der Waals surface area (Å²) in [6.07, 6.45) is -0.321. The van der Waals surface area contributed by atoms with E-state index in [0.29, 0.717) is 13.1 Å². The van der Waals surface area contributed by atoms with E-state index in [1.165, 1.54) is 0 Å². The highest BCUT2D eigenvalue weighted by Crippen LogP contribution is 2.12. The van der Waals surface area contributed by atoms with Crippen molar-refractivity contribution in [3.8, 4) is 0 Å². The normalized spacial score (nSPS) is 12.7. The summed E-state index contributed by atoms with van der Waals surface area (Å²) >= 11 is 0. The van der Waals surface area contributed by atoms with Crippen molar-refractivity contribution in [2.24, 2.45) is 4.99 Å². The number of guanidine groups is 1. The Balaban J connectivity index is 2.54. The number of carbonyl (C=O) groups is 1. The minimum Gasteiger partial charge on any atom is -0.444 e. The zero-order valence-electron chi connectivity index (χ0n) is 19.6. The lowest BCUT2D eigenvalue weighted by molar-refractivity contribution is 0.0285. The van der Waals surface area contributed by atoms with E-state index in [2.05, 4.69) is 60.6 Å². The quantitative estimate of drug-likeness (QED) is 0.539. The SMILES string of the molecule is CN=C(NCc1ccc(CN(C)C(=O)OC(C)(C)C)cc1)NCC(C)(C)N(C)C. The van der Waals surface area contributed by atoms with Crippen LogP contribution in [0.25, 0.3) is 0 Å². The molecule has 0 spiro atoms. The Hall–Kier alpha value is -2.28. The number of rotatable bonds is 7. The van der Waals surface area contributed by atoms with Gasteiger partial charge in [0.15, 0.2) is 5.96 Å². The number of ether oxygens (including phenoxy) is 1. The molecule has 0 aromatic heterocycles. The average Bonchev–Trinajstić information content (AvgIpc) is 2.61. The standard InChI is InChI=1S/C22H39N5O2/c1-21(2,3)29-20(28)27(9)15-18-12-10-17(11-13-18)14-24-19(23-6)25-16-22(4,5)26(7)8/h10-13H,14-16H2,1-9H3,(H2,23,24,25). The Labute approximate surface area is 176 Å². The van der Waals surface area contributed by atoms with Gasteiger partial charge in [-0.1, -0.05) is 24.3 Å². The molecule has 0 atom stereocenters. The first-order valence-electron chi connectivity index (χ1n) is 9.98. The number of aliphatic imine (C=N–C) groups is 1. The first-order valence-corrected chi connectivity index (χ1v) is 9.98. The summed E-state index contributed by atoms with van der Waals surface area (Å²) < 4.78 is 5.39. The lowest BCUT2D eigenvalue weighted by atomic mass is 10.0. The molecule has 164 valence electrons. The molecule has 7 heteroatoms. The molecule has 0 radical (unpaired) electrons. The largest absolute Gasteiger partial charge is 0.444 e. The molecule has 1 aromatic carbocycles. The van der Waals surface area contributed by atoms with E-state index in [0.717, 1.165) is 23.6 Å². The third-order valence-corrected chi connectivity index (χ3v) is 4.73. The van der Waals surface area contributed by atoms with Crippen LogP contribution in [0.3, 0.4) is 0 Å². The third kappa shape index (κ3) is 9.17. The molecule has 0 aliphatic carbocycles. The lowest BCUT2D eigenvalue weighted by Gasteiger charge is -2.33. The summed E-state index contributed by atoms with van der Waals surface area (Å²) in [5, 5.41) is 6.71. The van der Waals surface area contributed by atoms with Crippen LogP contribution in [-0.4, -0.2) is 67.7 Å². The number of carbonyl (C=O) groups excluding carboxylic acids is 1. The molecule has 7 nitrogen and oxygen atoms in total. The highest BCUT2D eigenvalue weighted by atomic mass is 16.6. The molecule has 2 N–H and O–H groups in total. The summed E-state index contributed by atoms with van der Waals surface area (Å²) in [7, 11) is 7.65. The monoisotopic (exact) mass is 405 g/mol. The number of amides is 1. The number of benzene rings is 1. The van der Waals surface area contributed by atoms with Gasteiger partial charge in [-0.3, -0.25) is 4.99 Å². The van der Waals surface area contributed by atoms with Crippen LogP contribution in [-0.2, 0) is 17.8 Å².